The second-order valence-corrected chi connectivity index (χ2v) is 4.82. The van der Waals surface area contributed by atoms with Crippen LogP contribution in [0, 0.1) is 5.92 Å². The molecule has 0 aromatic rings. The van der Waals surface area contributed by atoms with E-state index in [-0.39, 0.29) is 5.92 Å². The molecule has 1 amide bonds. The summed E-state index contributed by atoms with van der Waals surface area (Å²) in [5.41, 5.74) is 5.55. The van der Waals surface area contributed by atoms with E-state index >= 15 is 0 Å². The van der Waals surface area contributed by atoms with Gasteiger partial charge in [-0.05, 0) is 12.8 Å². The molecule has 19 heavy (non-hydrogen) atoms. The average Bonchev–Trinajstić information content (AvgIpc) is 2.31. The first-order valence-electron chi connectivity index (χ1n) is 5.92. The normalized spacial score (nSPS) is 19.4. The Morgan fingerprint density at radius 2 is 1.53 bits per heavy atom. The van der Waals surface area contributed by atoms with E-state index in [1.165, 1.54) is 6.92 Å². The highest BCUT2D eigenvalue weighted by molar-refractivity contribution is 5.87. The molecular formula is C11H22N2O6. The van der Waals surface area contributed by atoms with Gasteiger partial charge < -0.3 is 31.5 Å². The lowest BCUT2D eigenvalue weighted by atomic mass is 10.00. The van der Waals surface area contributed by atoms with Crippen LogP contribution in [0.1, 0.15) is 20.8 Å². The first kappa shape index (κ1) is 17.8. The number of carboxylic acids is 1. The Morgan fingerprint density at radius 3 is 1.84 bits per heavy atom. The highest BCUT2D eigenvalue weighted by Crippen LogP contribution is 2.07. The van der Waals surface area contributed by atoms with Crippen LogP contribution in [0.15, 0.2) is 0 Å². The number of hydrogen-bond acceptors (Lipinski definition) is 6. The number of aliphatic hydroxyl groups excluding tert-OH is 3. The number of carbonyl (C=O) groups excluding carboxylic acids is 1. The van der Waals surface area contributed by atoms with Gasteiger partial charge in [-0.3, -0.25) is 4.79 Å². The monoisotopic (exact) mass is 278 g/mol. The molecule has 0 radical (unpaired) electrons. The maximum atomic E-state index is 11.6. The van der Waals surface area contributed by atoms with E-state index in [2.05, 4.69) is 0 Å². The van der Waals surface area contributed by atoms with Crippen LogP contribution >= 0.6 is 0 Å². The lowest BCUT2D eigenvalue weighted by Crippen LogP contribution is -2.58. The van der Waals surface area contributed by atoms with Gasteiger partial charge in [-0.1, -0.05) is 13.8 Å². The number of carbonyl (C=O) groups is 2. The van der Waals surface area contributed by atoms with Crippen LogP contribution in [0.2, 0.25) is 0 Å². The molecule has 8 nitrogen and oxygen atoms in total. The number of aliphatic hydroxyl groups is 3. The molecule has 112 valence electrons. The molecule has 0 fully saturated rings. The summed E-state index contributed by atoms with van der Waals surface area (Å²) >= 11 is 0. The molecule has 0 aliphatic heterocycles. The summed E-state index contributed by atoms with van der Waals surface area (Å²) in [7, 11) is 0. The second kappa shape index (κ2) is 7.39. The number of amides is 1. The highest BCUT2D eigenvalue weighted by Gasteiger charge is 2.36. The zero-order valence-corrected chi connectivity index (χ0v) is 11.1. The molecule has 8 heteroatoms. The summed E-state index contributed by atoms with van der Waals surface area (Å²) in [4.78, 5) is 22.6. The van der Waals surface area contributed by atoms with Crippen molar-refractivity contribution in [2.24, 2.45) is 11.7 Å². The molecule has 0 rings (SSSR count). The van der Waals surface area contributed by atoms with Gasteiger partial charge in [-0.2, -0.15) is 0 Å². The number of carboxylic acid groups (broad SMARTS) is 1. The number of nitrogens with two attached hydrogens (primary N) is 1. The summed E-state index contributed by atoms with van der Waals surface area (Å²) in [6.07, 6.45) is -4.88. The fourth-order valence-corrected chi connectivity index (χ4v) is 1.33. The zero-order chi connectivity index (χ0) is 15.3. The minimum atomic E-state index is -1.85. The molecular weight excluding hydrogens is 256 g/mol. The van der Waals surface area contributed by atoms with Crippen LogP contribution in [-0.2, 0) is 9.59 Å². The Kier molecular flexibility index (Phi) is 6.91. The maximum absolute atomic E-state index is 11.6. The van der Waals surface area contributed by atoms with E-state index in [1.807, 2.05) is 5.32 Å². The Bertz CT molecular complexity index is 320. The molecule has 0 saturated heterocycles. The molecule has 0 aromatic heterocycles. The Hall–Kier alpha value is -1.22. The molecule has 0 aliphatic carbocycles. The topological polar surface area (TPSA) is 153 Å². The van der Waals surface area contributed by atoms with Crippen LogP contribution in [-0.4, -0.2) is 62.7 Å². The quantitative estimate of drug-likeness (QED) is 0.304. The molecule has 5 atom stereocenters. The van der Waals surface area contributed by atoms with Crippen LogP contribution in [0.25, 0.3) is 0 Å². The smallest absolute Gasteiger partial charge is 0.329 e. The van der Waals surface area contributed by atoms with Gasteiger partial charge in [-0.25, -0.2) is 4.79 Å². The standard InChI is InChI=1S/C11H22N2O6/c1-4(2)6(12)10(17)13-7(11(18)19)9(16)8(15)5(3)14/h4-9,14-16H,12H2,1-3H3,(H,13,17)(H,18,19)/t5?,6-,7?,8?,9?/m0/s1. The third-order valence-electron chi connectivity index (χ3n) is 2.77. The lowest BCUT2D eigenvalue weighted by molar-refractivity contribution is -0.150. The number of rotatable bonds is 7. The van der Waals surface area contributed by atoms with Gasteiger partial charge in [0.05, 0.1) is 12.1 Å². The van der Waals surface area contributed by atoms with Crippen molar-refractivity contribution in [2.45, 2.75) is 51.2 Å². The Morgan fingerprint density at radius 1 is 1.05 bits per heavy atom. The van der Waals surface area contributed by atoms with Crippen molar-refractivity contribution in [1.29, 1.82) is 0 Å². The van der Waals surface area contributed by atoms with Crippen molar-refractivity contribution in [1.82, 2.24) is 5.32 Å². The minimum absolute atomic E-state index is 0.215. The van der Waals surface area contributed by atoms with E-state index in [9.17, 15) is 19.8 Å². The second-order valence-electron chi connectivity index (χ2n) is 4.82. The number of hydrogen-bond donors (Lipinski definition) is 6. The third-order valence-corrected chi connectivity index (χ3v) is 2.77. The van der Waals surface area contributed by atoms with Crippen LogP contribution in [0.3, 0.4) is 0 Å². The molecule has 0 aromatic carbocycles. The fourth-order valence-electron chi connectivity index (χ4n) is 1.33. The molecule has 0 bridgehead atoms. The number of aliphatic carboxylic acids is 1. The van der Waals surface area contributed by atoms with Gasteiger partial charge in [-0.15, -0.1) is 0 Å². The molecule has 0 aliphatic rings. The van der Waals surface area contributed by atoms with Crippen LogP contribution in [0.4, 0.5) is 0 Å². The number of nitrogens with one attached hydrogen (secondary N) is 1. The highest BCUT2D eigenvalue weighted by atomic mass is 16.4. The summed E-state index contributed by atoms with van der Waals surface area (Å²) in [6.45, 7) is 4.55. The molecule has 7 N–H and O–H groups in total. The SMILES string of the molecule is CC(O)C(O)C(O)C(NC(=O)[C@@H](N)C(C)C)C(=O)O. The third kappa shape index (κ3) is 5.11. The molecule has 0 spiro atoms. The van der Waals surface area contributed by atoms with E-state index in [4.69, 9.17) is 15.9 Å². The summed E-state index contributed by atoms with van der Waals surface area (Å²) in [5, 5.41) is 39.2. The summed E-state index contributed by atoms with van der Waals surface area (Å²) in [6, 6.07) is -2.68. The van der Waals surface area contributed by atoms with Gasteiger partial charge in [0.2, 0.25) is 5.91 Å². The zero-order valence-electron chi connectivity index (χ0n) is 11.1. The first-order valence-corrected chi connectivity index (χ1v) is 5.92. The van der Waals surface area contributed by atoms with Crippen LogP contribution in [0.5, 0.6) is 0 Å². The van der Waals surface area contributed by atoms with Crippen LogP contribution < -0.4 is 11.1 Å². The van der Waals surface area contributed by atoms with Crippen molar-refractivity contribution >= 4 is 11.9 Å². The van der Waals surface area contributed by atoms with E-state index in [0.717, 1.165) is 0 Å². The van der Waals surface area contributed by atoms with Crippen molar-refractivity contribution in [2.75, 3.05) is 0 Å². The fraction of sp³-hybridized carbons (Fsp3) is 0.818. The van der Waals surface area contributed by atoms with Gasteiger partial charge in [0.1, 0.15) is 12.2 Å². The summed E-state index contributed by atoms with van der Waals surface area (Å²) in [5.74, 6) is -2.50. The summed E-state index contributed by atoms with van der Waals surface area (Å²) < 4.78 is 0. The van der Waals surface area contributed by atoms with Crippen molar-refractivity contribution in [3.63, 3.8) is 0 Å². The first-order chi connectivity index (χ1) is 8.59. The Labute approximate surface area is 111 Å². The van der Waals surface area contributed by atoms with E-state index < -0.39 is 42.3 Å². The van der Waals surface area contributed by atoms with Gasteiger partial charge in [0, 0.05) is 0 Å². The van der Waals surface area contributed by atoms with Gasteiger partial charge in [0.25, 0.3) is 0 Å². The van der Waals surface area contributed by atoms with Gasteiger partial charge >= 0.3 is 5.97 Å². The van der Waals surface area contributed by atoms with Crippen molar-refractivity contribution in [3.8, 4) is 0 Å². The maximum Gasteiger partial charge on any atom is 0.329 e. The minimum Gasteiger partial charge on any atom is -0.480 e. The van der Waals surface area contributed by atoms with E-state index in [1.54, 1.807) is 13.8 Å². The average molecular weight is 278 g/mol. The Balaban J connectivity index is 4.85. The molecule has 0 heterocycles. The lowest BCUT2D eigenvalue weighted by Gasteiger charge is -2.27. The predicted octanol–water partition coefficient (Wildman–Crippen LogP) is -2.36. The molecule has 0 saturated carbocycles. The van der Waals surface area contributed by atoms with Gasteiger partial charge in [0.15, 0.2) is 6.04 Å². The molecule has 4 unspecified atom stereocenters. The van der Waals surface area contributed by atoms with Crippen molar-refractivity contribution in [3.05, 3.63) is 0 Å². The van der Waals surface area contributed by atoms with Crippen molar-refractivity contribution < 1.29 is 30.0 Å². The predicted molar refractivity (Wildman–Crippen MR) is 66.1 cm³/mol. The van der Waals surface area contributed by atoms with E-state index in [0.29, 0.717) is 0 Å². The largest absolute Gasteiger partial charge is 0.480 e.